The first-order valence-electron chi connectivity index (χ1n) is 5.51. The lowest BCUT2D eigenvalue weighted by atomic mass is 10.00. The van der Waals surface area contributed by atoms with Crippen molar-refractivity contribution in [1.29, 1.82) is 0 Å². The Hall–Kier alpha value is -2.12. The van der Waals surface area contributed by atoms with Crippen LogP contribution in [0.4, 0.5) is 4.79 Å². The molecule has 0 saturated heterocycles. The summed E-state index contributed by atoms with van der Waals surface area (Å²) in [6.07, 6.45) is 1.81. The molecule has 100 valence electrons. The van der Waals surface area contributed by atoms with E-state index in [2.05, 4.69) is 20.8 Å². The highest BCUT2D eigenvalue weighted by molar-refractivity contribution is 5.85. The average Bonchev–Trinajstić information content (AvgIpc) is 2.72. The number of hydrogen-bond donors (Lipinski definition) is 3. The van der Waals surface area contributed by atoms with E-state index in [-0.39, 0.29) is 6.54 Å². The first-order chi connectivity index (χ1) is 8.39. The smallest absolute Gasteiger partial charge is 0.329 e. The molecule has 0 aliphatic rings. The Morgan fingerprint density at radius 3 is 2.67 bits per heavy atom. The Kier molecular flexibility index (Phi) is 4.24. The molecule has 18 heavy (non-hydrogen) atoms. The van der Waals surface area contributed by atoms with Gasteiger partial charge in [-0.2, -0.15) is 0 Å². The summed E-state index contributed by atoms with van der Waals surface area (Å²) in [4.78, 5) is 22.6. The Balaban J connectivity index is 2.52. The van der Waals surface area contributed by atoms with E-state index in [4.69, 9.17) is 5.11 Å². The first kappa shape index (κ1) is 13.9. The highest BCUT2D eigenvalue weighted by Gasteiger charge is 2.32. The summed E-state index contributed by atoms with van der Waals surface area (Å²) in [5.41, 5.74) is -1.27. The summed E-state index contributed by atoms with van der Waals surface area (Å²) in [6.45, 7) is 3.33. The lowest BCUT2D eigenvalue weighted by molar-refractivity contribution is -0.143. The third-order valence-electron chi connectivity index (χ3n) is 2.78. The van der Waals surface area contributed by atoms with E-state index in [1.165, 1.54) is 13.3 Å². The van der Waals surface area contributed by atoms with Crippen molar-refractivity contribution in [2.45, 2.75) is 32.4 Å². The minimum atomic E-state index is -1.27. The van der Waals surface area contributed by atoms with E-state index in [1.807, 2.05) is 0 Å². The fourth-order valence-corrected chi connectivity index (χ4v) is 1.21. The van der Waals surface area contributed by atoms with Gasteiger partial charge in [-0.15, -0.1) is 10.2 Å². The zero-order valence-corrected chi connectivity index (χ0v) is 10.6. The molecule has 0 aromatic carbocycles. The van der Waals surface area contributed by atoms with Gasteiger partial charge in [-0.3, -0.25) is 0 Å². The normalized spacial score (nSPS) is 13.7. The molecule has 1 aromatic heterocycles. The van der Waals surface area contributed by atoms with Gasteiger partial charge in [-0.25, -0.2) is 9.59 Å². The van der Waals surface area contributed by atoms with Gasteiger partial charge in [-0.1, -0.05) is 6.92 Å². The zero-order valence-electron chi connectivity index (χ0n) is 10.6. The molecule has 1 aromatic rings. The molecule has 1 heterocycles. The number of urea groups is 1. The number of carbonyl (C=O) groups is 2. The van der Waals surface area contributed by atoms with Gasteiger partial charge in [0.2, 0.25) is 0 Å². The minimum absolute atomic E-state index is 0.182. The maximum absolute atomic E-state index is 11.6. The topological polar surface area (TPSA) is 109 Å². The predicted molar refractivity (Wildman–Crippen MR) is 62.7 cm³/mol. The third kappa shape index (κ3) is 3.19. The highest BCUT2D eigenvalue weighted by atomic mass is 16.4. The van der Waals surface area contributed by atoms with Crippen LogP contribution >= 0.6 is 0 Å². The first-order valence-corrected chi connectivity index (χ1v) is 5.51. The number of carbonyl (C=O) groups excluding carboxylic acids is 1. The Bertz CT molecular complexity index is 444. The number of hydrogen-bond acceptors (Lipinski definition) is 4. The van der Waals surface area contributed by atoms with E-state index >= 15 is 0 Å². The molecule has 2 amide bonds. The fraction of sp³-hybridized carbons (Fsp3) is 0.600. The number of nitrogens with zero attached hydrogens (tertiary/aromatic N) is 3. The third-order valence-corrected chi connectivity index (χ3v) is 2.78. The number of carboxylic acids is 1. The zero-order chi connectivity index (χ0) is 13.8. The second-order valence-corrected chi connectivity index (χ2v) is 4.16. The highest BCUT2D eigenvalue weighted by Crippen LogP contribution is 2.08. The van der Waals surface area contributed by atoms with Gasteiger partial charge in [0.25, 0.3) is 0 Å². The van der Waals surface area contributed by atoms with E-state index in [1.54, 1.807) is 18.5 Å². The Morgan fingerprint density at radius 2 is 2.22 bits per heavy atom. The van der Waals surface area contributed by atoms with Crippen LogP contribution in [0.3, 0.4) is 0 Å². The van der Waals surface area contributed by atoms with Crippen molar-refractivity contribution in [2.75, 3.05) is 0 Å². The average molecular weight is 255 g/mol. The number of aryl methyl sites for hydroxylation is 1. The van der Waals surface area contributed by atoms with Crippen LogP contribution in [0.1, 0.15) is 26.1 Å². The number of aromatic nitrogens is 3. The predicted octanol–water partition coefficient (Wildman–Crippen LogP) is -0.132. The van der Waals surface area contributed by atoms with Gasteiger partial charge in [-0.05, 0) is 13.3 Å². The lowest BCUT2D eigenvalue weighted by Crippen LogP contribution is -2.54. The quantitative estimate of drug-likeness (QED) is 0.679. The van der Waals surface area contributed by atoms with Crippen LogP contribution < -0.4 is 10.6 Å². The summed E-state index contributed by atoms with van der Waals surface area (Å²) in [7, 11) is 1.75. The lowest BCUT2D eigenvalue weighted by Gasteiger charge is -2.24. The second kappa shape index (κ2) is 5.48. The molecule has 1 rings (SSSR count). The second-order valence-electron chi connectivity index (χ2n) is 4.16. The maximum atomic E-state index is 11.6. The molecule has 0 aliphatic carbocycles. The van der Waals surface area contributed by atoms with E-state index in [0.717, 1.165) is 0 Å². The van der Waals surface area contributed by atoms with Crippen LogP contribution in [0.15, 0.2) is 6.33 Å². The summed E-state index contributed by atoms with van der Waals surface area (Å²) in [5, 5.41) is 21.4. The molecule has 0 spiro atoms. The van der Waals surface area contributed by atoms with Crippen molar-refractivity contribution >= 4 is 12.0 Å². The molecule has 3 N–H and O–H groups in total. The maximum Gasteiger partial charge on any atom is 0.329 e. The molecule has 0 radical (unpaired) electrons. The summed E-state index contributed by atoms with van der Waals surface area (Å²) >= 11 is 0. The van der Waals surface area contributed by atoms with Crippen LogP contribution in [0.5, 0.6) is 0 Å². The van der Waals surface area contributed by atoms with Crippen molar-refractivity contribution in [3.8, 4) is 0 Å². The molecule has 1 unspecified atom stereocenters. The van der Waals surface area contributed by atoms with Crippen LogP contribution in [-0.2, 0) is 18.4 Å². The molecule has 1 atom stereocenters. The van der Waals surface area contributed by atoms with Gasteiger partial charge in [0.15, 0.2) is 5.82 Å². The van der Waals surface area contributed by atoms with Gasteiger partial charge >= 0.3 is 12.0 Å². The fourth-order valence-electron chi connectivity index (χ4n) is 1.21. The molecule has 0 saturated carbocycles. The van der Waals surface area contributed by atoms with Crippen LogP contribution in [0, 0.1) is 0 Å². The van der Waals surface area contributed by atoms with Crippen LogP contribution in [0.2, 0.25) is 0 Å². The Morgan fingerprint density at radius 1 is 1.56 bits per heavy atom. The molecule has 0 aliphatic heterocycles. The molecule has 0 bridgehead atoms. The Labute approximate surface area is 104 Å². The van der Waals surface area contributed by atoms with Crippen LogP contribution in [-0.4, -0.2) is 37.4 Å². The molecular formula is C10H17N5O3. The summed E-state index contributed by atoms with van der Waals surface area (Å²) in [5.74, 6) is -0.488. The van der Waals surface area contributed by atoms with Crippen molar-refractivity contribution in [2.24, 2.45) is 7.05 Å². The van der Waals surface area contributed by atoms with Gasteiger partial charge < -0.3 is 20.3 Å². The molecule has 8 heteroatoms. The van der Waals surface area contributed by atoms with Crippen molar-refractivity contribution < 1.29 is 14.7 Å². The standard InChI is InChI=1S/C10H17N5O3/c1-4-10(2,8(16)17)13-9(18)11-5-7-14-12-6-15(7)3/h6H,4-5H2,1-3H3,(H,16,17)(H2,11,13,18). The summed E-state index contributed by atoms with van der Waals surface area (Å²) in [6, 6.07) is -0.551. The largest absolute Gasteiger partial charge is 0.480 e. The van der Waals surface area contributed by atoms with Gasteiger partial charge in [0, 0.05) is 7.05 Å². The SMILES string of the molecule is CCC(C)(NC(=O)NCc1nncn1C)C(=O)O. The molecule has 0 fully saturated rings. The van der Waals surface area contributed by atoms with E-state index in [0.29, 0.717) is 12.2 Å². The number of amides is 2. The molecular weight excluding hydrogens is 238 g/mol. The van der Waals surface area contributed by atoms with E-state index in [9.17, 15) is 9.59 Å². The van der Waals surface area contributed by atoms with Crippen LogP contribution in [0.25, 0.3) is 0 Å². The van der Waals surface area contributed by atoms with Gasteiger partial charge in [0.05, 0.1) is 6.54 Å². The number of nitrogens with one attached hydrogen (secondary N) is 2. The minimum Gasteiger partial charge on any atom is -0.480 e. The van der Waals surface area contributed by atoms with Crippen molar-refractivity contribution in [3.05, 3.63) is 12.2 Å². The number of aliphatic carboxylic acids is 1. The number of carboxylic acid groups (broad SMARTS) is 1. The van der Waals surface area contributed by atoms with Crippen molar-refractivity contribution in [3.63, 3.8) is 0 Å². The van der Waals surface area contributed by atoms with Gasteiger partial charge in [0.1, 0.15) is 11.9 Å². The van der Waals surface area contributed by atoms with E-state index < -0.39 is 17.5 Å². The molecule has 8 nitrogen and oxygen atoms in total. The van der Waals surface area contributed by atoms with Crippen molar-refractivity contribution in [1.82, 2.24) is 25.4 Å². The summed E-state index contributed by atoms with van der Waals surface area (Å²) < 4.78 is 1.66. The monoisotopic (exact) mass is 255 g/mol. The number of rotatable bonds is 5.